The maximum absolute atomic E-state index is 12.7. The lowest BCUT2D eigenvalue weighted by molar-refractivity contribution is -0.166. The van der Waals surface area contributed by atoms with Crippen molar-refractivity contribution in [1.82, 2.24) is 4.90 Å². The van der Waals surface area contributed by atoms with Gasteiger partial charge in [-0.2, -0.15) is 0 Å². The standard InChI is InChI=1S/C16H18ClNO5S/c1-16(2)12(15(20)23-9-10-6-4-3-5-7-10)18-13(19)11(8-17)14(18)24(16,21)22/h3-7,11-12,14H,8-9H2,1-2H3/t11-,12+,14-/m1/s1. The Hall–Kier alpha value is -1.60. The van der Waals surface area contributed by atoms with Crippen molar-refractivity contribution in [2.45, 2.75) is 36.6 Å². The molecule has 2 aliphatic heterocycles. The Morgan fingerprint density at radius 1 is 1.29 bits per heavy atom. The number of fused-ring (bicyclic) bond motifs is 1. The van der Waals surface area contributed by atoms with Crippen LogP contribution in [0.25, 0.3) is 0 Å². The summed E-state index contributed by atoms with van der Waals surface area (Å²) in [6.07, 6.45) is 0. The number of rotatable bonds is 4. The van der Waals surface area contributed by atoms with Crippen LogP contribution in [0.1, 0.15) is 19.4 Å². The summed E-state index contributed by atoms with van der Waals surface area (Å²) in [5, 5.41) is -1.04. The summed E-state index contributed by atoms with van der Waals surface area (Å²) in [7, 11) is -3.72. The molecular weight excluding hydrogens is 354 g/mol. The molecule has 0 aromatic heterocycles. The minimum atomic E-state index is -3.72. The SMILES string of the molecule is CC1(C)[C@H](C(=O)OCc2ccccc2)N2C(=O)[C@@H](CCl)[C@H]2S1(=O)=O. The van der Waals surface area contributed by atoms with E-state index in [-0.39, 0.29) is 12.5 Å². The Kier molecular flexibility index (Phi) is 4.12. The lowest BCUT2D eigenvalue weighted by Crippen LogP contribution is -2.64. The number of carbonyl (C=O) groups excluding carboxylic acids is 2. The highest BCUT2D eigenvalue weighted by Crippen LogP contribution is 2.49. The van der Waals surface area contributed by atoms with E-state index in [2.05, 4.69) is 0 Å². The van der Waals surface area contributed by atoms with E-state index in [0.717, 1.165) is 10.5 Å². The Labute approximate surface area is 145 Å². The van der Waals surface area contributed by atoms with Crippen LogP contribution in [0.2, 0.25) is 0 Å². The maximum Gasteiger partial charge on any atom is 0.330 e. The first-order valence-corrected chi connectivity index (χ1v) is 9.63. The molecule has 8 heteroatoms. The van der Waals surface area contributed by atoms with Gasteiger partial charge in [0, 0.05) is 5.88 Å². The number of alkyl halides is 1. The number of hydrogen-bond donors (Lipinski definition) is 0. The number of esters is 1. The number of benzene rings is 1. The van der Waals surface area contributed by atoms with E-state index in [0.29, 0.717) is 0 Å². The molecule has 0 N–H and O–H groups in total. The molecule has 1 aromatic rings. The third kappa shape index (κ3) is 2.25. The zero-order valence-electron chi connectivity index (χ0n) is 13.3. The number of carbonyl (C=O) groups is 2. The smallest absolute Gasteiger partial charge is 0.330 e. The molecule has 3 rings (SSSR count). The van der Waals surface area contributed by atoms with E-state index in [1.165, 1.54) is 13.8 Å². The molecule has 0 unspecified atom stereocenters. The molecule has 2 heterocycles. The highest BCUT2D eigenvalue weighted by Gasteiger charge is 2.72. The Morgan fingerprint density at radius 3 is 2.50 bits per heavy atom. The highest BCUT2D eigenvalue weighted by atomic mass is 35.5. The predicted octanol–water partition coefficient (Wildman–Crippen LogP) is 1.33. The molecule has 0 radical (unpaired) electrons. The third-order valence-electron chi connectivity index (χ3n) is 4.79. The largest absolute Gasteiger partial charge is 0.459 e. The van der Waals surface area contributed by atoms with Gasteiger partial charge in [0.25, 0.3) is 0 Å². The van der Waals surface area contributed by atoms with Gasteiger partial charge in [0.15, 0.2) is 9.84 Å². The molecule has 0 spiro atoms. The fourth-order valence-corrected chi connectivity index (χ4v) is 6.06. The van der Waals surface area contributed by atoms with E-state index < -0.39 is 43.8 Å². The summed E-state index contributed by atoms with van der Waals surface area (Å²) in [6, 6.07) is 7.91. The van der Waals surface area contributed by atoms with Gasteiger partial charge in [0.05, 0.1) is 10.7 Å². The van der Waals surface area contributed by atoms with Crippen molar-refractivity contribution in [2.75, 3.05) is 5.88 Å². The predicted molar refractivity (Wildman–Crippen MR) is 87.9 cm³/mol. The van der Waals surface area contributed by atoms with Gasteiger partial charge in [0.2, 0.25) is 5.91 Å². The molecule has 3 atom stereocenters. The summed E-state index contributed by atoms with van der Waals surface area (Å²) < 4.78 is 29.3. The molecule has 2 aliphatic rings. The van der Waals surface area contributed by atoms with Gasteiger partial charge in [-0.3, -0.25) is 4.79 Å². The number of nitrogens with zero attached hydrogens (tertiary/aromatic N) is 1. The third-order valence-corrected chi connectivity index (χ3v) is 8.01. The second-order valence-corrected chi connectivity index (χ2v) is 9.47. The van der Waals surface area contributed by atoms with Crippen molar-refractivity contribution >= 4 is 33.3 Å². The molecule has 1 aromatic carbocycles. The molecular formula is C16H18ClNO5S. The number of ether oxygens (including phenoxy) is 1. The number of sulfone groups is 1. The first-order valence-electron chi connectivity index (χ1n) is 7.55. The Morgan fingerprint density at radius 2 is 1.92 bits per heavy atom. The van der Waals surface area contributed by atoms with Crippen LogP contribution in [0.5, 0.6) is 0 Å². The molecule has 0 aliphatic carbocycles. The average molecular weight is 372 g/mol. The fraction of sp³-hybridized carbons (Fsp3) is 0.500. The van der Waals surface area contributed by atoms with E-state index in [1.807, 2.05) is 18.2 Å². The van der Waals surface area contributed by atoms with E-state index >= 15 is 0 Å². The van der Waals surface area contributed by atoms with Crippen LogP contribution >= 0.6 is 11.6 Å². The van der Waals surface area contributed by atoms with Crippen molar-refractivity contribution in [3.05, 3.63) is 35.9 Å². The van der Waals surface area contributed by atoms with Crippen molar-refractivity contribution in [3.63, 3.8) is 0 Å². The summed E-state index contributed by atoms with van der Waals surface area (Å²) in [5.74, 6) is -1.99. The quantitative estimate of drug-likeness (QED) is 0.453. The average Bonchev–Trinajstić information content (AvgIpc) is 2.68. The molecule has 0 bridgehead atoms. The molecule has 24 heavy (non-hydrogen) atoms. The maximum atomic E-state index is 12.7. The lowest BCUT2D eigenvalue weighted by Gasteiger charge is -2.42. The Balaban J connectivity index is 1.84. The summed E-state index contributed by atoms with van der Waals surface area (Å²) in [5.41, 5.74) is 0.787. The summed E-state index contributed by atoms with van der Waals surface area (Å²) in [4.78, 5) is 25.9. The van der Waals surface area contributed by atoms with Crippen LogP contribution < -0.4 is 0 Å². The van der Waals surface area contributed by atoms with Gasteiger partial charge in [-0.1, -0.05) is 30.3 Å². The van der Waals surface area contributed by atoms with Gasteiger partial charge in [-0.15, -0.1) is 11.6 Å². The van der Waals surface area contributed by atoms with Crippen LogP contribution in [0.4, 0.5) is 0 Å². The number of β-lactam (4-membered cyclic amide) rings is 1. The first-order chi connectivity index (χ1) is 11.2. The van der Waals surface area contributed by atoms with Gasteiger partial charge in [0.1, 0.15) is 18.0 Å². The zero-order chi connectivity index (χ0) is 17.7. The molecule has 0 saturated carbocycles. The highest BCUT2D eigenvalue weighted by molar-refractivity contribution is 7.93. The minimum absolute atomic E-state index is 0.0257. The minimum Gasteiger partial charge on any atom is -0.459 e. The van der Waals surface area contributed by atoms with Gasteiger partial charge >= 0.3 is 5.97 Å². The number of halogens is 1. The molecule has 1 amide bonds. The van der Waals surface area contributed by atoms with Crippen molar-refractivity contribution in [2.24, 2.45) is 5.92 Å². The van der Waals surface area contributed by atoms with Crippen molar-refractivity contribution in [3.8, 4) is 0 Å². The van der Waals surface area contributed by atoms with Crippen LogP contribution in [0.3, 0.4) is 0 Å². The zero-order valence-corrected chi connectivity index (χ0v) is 14.9. The second kappa shape index (κ2) is 5.74. The normalized spacial score (nSPS) is 29.7. The summed E-state index contributed by atoms with van der Waals surface area (Å²) in [6.45, 7) is 2.93. The van der Waals surface area contributed by atoms with E-state index in [4.69, 9.17) is 16.3 Å². The van der Waals surface area contributed by atoms with Crippen molar-refractivity contribution in [1.29, 1.82) is 0 Å². The fourth-order valence-electron chi connectivity index (χ4n) is 3.34. The van der Waals surface area contributed by atoms with Crippen LogP contribution in [-0.2, 0) is 30.8 Å². The molecule has 6 nitrogen and oxygen atoms in total. The van der Waals surface area contributed by atoms with Crippen LogP contribution in [0, 0.1) is 5.92 Å². The van der Waals surface area contributed by atoms with Gasteiger partial charge in [-0.25, -0.2) is 13.2 Å². The Bertz CT molecular complexity index is 777. The van der Waals surface area contributed by atoms with Crippen LogP contribution in [0.15, 0.2) is 30.3 Å². The van der Waals surface area contributed by atoms with Crippen LogP contribution in [-0.4, -0.2) is 47.2 Å². The molecule has 2 fully saturated rings. The lowest BCUT2D eigenvalue weighted by atomic mass is 9.93. The number of amides is 1. The van der Waals surface area contributed by atoms with Gasteiger partial charge < -0.3 is 9.64 Å². The van der Waals surface area contributed by atoms with E-state index in [9.17, 15) is 18.0 Å². The first kappa shape index (κ1) is 17.2. The monoisotopic (exact) mass is 371 g/mol. The van der Waals surface area contributed by atoms with Crippen molar-refractivity contribution < 1.29 is 22.7 Å². The topological polar surface area (TPSA) is 80.8 Å². The summed E-state index contributed by atoms with van der Waals surface area (Å²) >= 11 is 5.73. The van der Waals surface area contributed by atoms with E-state index in [1.54, 1.807) is 12.1 Å². The van der Waals surface area contributed by atoms with Gasteiger partial charge in [-0.05, 0) is 19.4 Å². The molecule has 2 saturated heterocycles. The number of hydrogen-bond acceptors (Lipinski definition) is 5. The second-order valence-electron chi connectivity index (χ2n) is 6.54. The molecule has 130 valence electrons.